The van der Waals surface area contributed by atoms with Crippen molar-refractivity contribution in [1.82, 2.24) is 0 Å². The van der Waals surface area contributed by atoms with Gasteiger partial charge in [0, 0.05) is 0 Å². The Morgan fingerprint density at radius 2 is 1.94 bits per heavy atom. The Hall–Kier alpha value is -2.30. The molecule has 0 saturated carbocycles. The fourth-order valence-electron chi connectivity index (χ4n) is 1.63. The van der Waals surface area contributed by atoms with Gasteiger partial charge in [0.25, 0.3) is 0 Å². The molecule has 2 rings (SSSR count). The molecule has 0 aromatic heterocycles. The SMILES string of the molecule is COc1ccc(/C=C2/C(=O)ON=C2C)cc1OC. The summed E-state index contributed by atoms with van der Waals surface area (Å²) in [4.78, 5) is 16.0. The van der Waals surface area contributed by atoms with Crippen molar-refractivity contribution in [3.05, 3.63) is 29.3 Å². The molecule has 0 fully saturated rings. The van der Waals surface area contributed by atoms with E-state index in [4.69, 9.17) is 9.47 Å². The van der Waals surface area contributed by atoms with E-state index < -0.39 is 5.97 Å². The van der Waals surface area contributed by atoms with Crippen molar-refractivity contribution in [2.24, 2.45) is 5.16 Å². The molecule has 0 radical (unpaired) electrons. The first-order chi connectivity index (χ1) is 8.65. The van der Waals surface area contributed by atoms with Crippen LogP contribution >= 0.6 is 0 Å². The maximum absolute atomic E-state index is 11.4. The van der Waals surface area contributed by atoms with Gasteiger partial charge >= 0.3 is 5.97 Å². The number of methoxy groups -OCH3 is 2. The largest absolute Gasteiger partial charge is 0.493 e. The van der Waals surface area contributed by atoms with Crippen molar-refractivity contribution in [2.75, 3.05) is 14.2 Å². The Morgan fingerprint density at radius 3 is 2.50 bits per heavy atom. The van der Waals surface area contributed by atoms with E-state index >= 15 is 0 Å². The highest BCUT2D eigenvalue weighted by atomic mass is 16.7. The molecule has 0 spiro atoms. The van der Waals surface area contributed by atoms with E-state index in [2.05, 4.69) is 9.99 Å². The summed E-state index contributed by atoms with van der Waals surface area (Å²) in [6, 6.07) is 5.38. The van der Waals surface area contributed by atoms with Crippen LogP contribution in [0.25, 0.3) is 6.08 Å². The summed E-state index contributed by atoms with van der Waals surface area (Å²) >= 11 is 0. The molecule has 94 valence electrons. The Labute approximate surface area is 105 Å². The molecule has 0 amide bonds. The number of benzene rings is 1. The molecule has 1 aromatic rings. The monoisotopic (exact) mass is 247 g/mol. The van der Waals surface area contributed by atoms with Gasteiger partial charge in [0.1, 0.15) is 0 Å². The van der Waals surface area contributed by atoms with Gasteiger partial charge in [-0.25, -0.2) is 4.79 Å². The van der Waals surface area contributed by atoms with Crippen molar-refractivity contribution < 1.29 is 19.1 Å². The lowest BCUT2D eigenvalue weighted by molar-refractivity contribution is -0.136. The minimum absolute atomic E-state index is 0.442. The molecule has 1 aliphatic heterocycles. The van der Waals surface area contributed by atoms with Crippen molar-refractivity contribution >= 4 is 17.8 Å². The number of rotatable bonds is 3. The minimum atomic E-state index is -0.442. The van der Waals surface area contributed by atoms with Gasteiger partial charge in [-0.1, -0.05) is 11.2 Å². The van der Waals surface area contributed by atoms with Crippen LogP contribution < -0.4 is 9.47 Å². The van der Waals surface area contributed by atoms with Crippen molar-refractivity contribution in [3.63, 3.8) is 0 Å². The van der Waals surface area contributed by atoms with Crippen LogP contribution in [-0.2, 0) is 9.63 Å². The summed E-state index contributed by atoms with van der Waals surface area (Å²) in [5, 5.41) is 3.61. The molecule has 0 saturated heterocycles. The van der Waals surface area contributed by atoms with Crippen molar-refractivity contribution in [1.29, 1.82) is 0 Å². The smallest absolute Gasteiger partial charge is 0.367 e. The zero-order chi connectivity index (χ0) is 13.1. The number of hydrogen-bond donors (Lipinski definition) is 0. The highest BCUT2D eigenvalue weighted by molar-refractivity contribution is 6.24. The first-order valence-electron chi connectivity index (χ1n) is 5.35. The summed E-state index contributed by atoms with van der Waals surface area (Å²) in [6.07, 6.45) is 1.70. The van der Waals surface area contributed by atoms with Gasteiger partial charge in [0.05, 0.1) is 25.5 Å². The zero-order valence-corrected chi connectivity index (χ0v) is 10.4. The zero-order valence-electron chi connectivity index (χ0n) is 10.4. The second kappa shape index (κ2) is 4.91. The summed E-state index contributed by atoms with van der Waals surface area (Å²) in [5.74, 6) is 0.800. The van der Waals surface area contributed by atoms with Crippen LogP contribution in [0.5, 0.6) is 11.5 Å². The van der Waals surface area contributed by atoms with Crippen LogP contribution in [0.4, 0.5) is 0 Å². The number of ether oxygens (including phenoxy) is 2. The fraction of sp³-hybridized carbons (Fsp3) is 0.231. The topological polar surface area (TPSA) is 57.1 Å². The molecule has 0 unspecified atom stereocenters. The van der Waals surface area contributed by atoms with Crippen molar-refractivity contribution in [2.45, 2.75) is 6.92 Å². The van der Waals surface area contributed by atoms with Gasteiger partial charge in [-0.2, -0.15) is 0 Å². The highest BCUT2D eigenvalue weighted by Crippen LogP contribution is 2.28. The third-order valence-electron chi connectivity index (χ3n) is 2.59. The van der Waals surface area contributed by atoms with Gasteiger partial charge in [0.15, 0.2) is 11.5 Å². The second-order valence-electron chi connectivity index (χ2n) is 3.73. The lowest BCUT2D eigenvalue weighted by Gasteiger charge is -2.07. The van der Waals surface area contributed by atoms with E-state index in [0.717, 1.165) is 5.56 Å². The first kappa shape index (κ1) is 12.2. The predicted octanol–water partition coefficient (Wildman–Crippen LogP) is 2.02. The lowest BCUT2D eigenvalue weighted by atomic mass is 10.1. The number of hydrogen-bond acceptors (Lipinski definition) is 5. The first-order valence-corrected chi connectivity index (χ1v) is 5.35. The number of carbonyl (C=O) groups is 1. The van der Waals surface area contributed by atoms with E-state index in [0.29, 0.717) is 22.8 Å². The average molecular weight is 247 g/mol. The number of nitrogens with zero attached hydrogens (tertiary/aromatic N) is 1. The van der Waals surface area contributed by atoms with Gasteiger partial charge in [-0.15, -0.1) is 0 Å². The quantitative estimate of drug-likeness (QED) is 0.605. The Kier molecular flexibility index (Phi) is 3.32. The number of oxime groups is 1. The molecule has 18 heavy (non-hydrogen) atoms. The molecule has 0 N–H and O–H groups in total. The second-order valence-corrected chi connectivity index (χ2v) is 3.73. The Bertz CT molecular complexity index is 546. The maximum atomic E-state index is 11.4. The van der Waals surface area contributed by atoms with Crippen LogP contribution in [0.3, 0.4) is 0 Å². The molecule has 0 bridgehead atoms. The molecule has 1 aliphatic rings. The average Bonchev–Trinajstić information content (AvgIpc) is 2.70. The van der Waals surface area contributed by atoms with Crippen LogP contribution in [0.2, 0.25) is 0 Å². The standard InChI is InChI=1S/C13H13NO4/c1-8-10(13(15)18-14-8)6-9-4-5-11(16-2)12(7-9)17-3/h4-7H,1-3H3/b10-6+. The van der Waals surface area contributed by atoms with Gasteiger partial charge in [-0.3, -0.25) is 0 Å². The highest BCUT2D eigenvalue weighted by Gasteiger charge is 2.21. The molecule has 1 heterocycles. The lowest BCUT2D eigenvalue weighted by Crippen LogP contribution is -2.01. The van der Waals surface area contributed by atoms with Crippen LogP contribution in [-0.4, -0.2) is 25.9 Å². The third-order valence-corrected chi connectivity index (χ3v) is 2.59. The van der Waals surface area contributed by atoms with Crippen LogP contribution in [0, 0.1) is 0 Å². The molecular formula is C13H13NO4. The molecule has 0 atom stereocenters. The summed E-state index contributed by atoms with van der Waals surface area (Å²) in [7, 11) is 3.13. The molecule has 1 aromatic carbocycles. The Morgan fingerprint density at radius 1 is 1.22 bits per heavy atom. The maximum Gasteiger partial charge on any atom is 0.367 e. The Balaban J connectivity index is 2.38. The van der Waals surface area contributed by atoms with Gasteiger partial charge in [0.2, 0.25) is 0 Å². The normalized spacial score (nSPS) is 16.5. The predicted molar refractivity (Wildman–Crippen MR) is 66.7 cm³/mol. The van der Waals surface area contributed by atoms with Crippen LogP contribution in [0.1, 0.15) is 12.5 Å². The molecule has 5 heteroatoms. The minimum Gasteiger partial charge on any atom is -0.493 e. The van der Waals surface area contributed by atoms with E-state index in [1.54, 1.807) is 39.4 Å². The summed E-state index contributed by atoms with van der Waals surface area (Å²) in [5.41, 5.74) is 1.83. The molecular weight excluding hydrogens is 234 g/mol. The van der Waals surface area contributed by atoms with E-state index in [1.807, 2.05) is 6.07 Å². The van der Waals surface area contributed by atoms with Crippen LogP contribution in [0.15, 0.2) is 28.9 Å². The molecule has 0 aliphatic carbocycles. The fourth-order valence-corrected chi connectivity index (χ4v) is 1.63. The van der Waals surface area contributed by atoms with E-state index in [-0.39, 0.29) is 0 Å². The van der Waals surface area contributed by atoms with E-state index in [9.17, 15) is 4.79 Å². The van der Waals surface area contributed by atoms with E-state index in [1.165, 1.54) is 0 Å². The summed E-state index contributed by atoms with van der Waals surface area (Å²) in [6.45, 7) is 1.72. The van der Waals surface area contributed by atoms with Gasteiger partial charge < -0.3 is 14.3 Å². The van der Waals surface area contributed by atoms with Gasteiger partial charge in [-0.05, 0) is 30.7 Å². The number of carbonyl (C=O) groups excluding carboxylic acids is 1. The third kappa shape index (κ3) is 2.20. The van der Waals surface area contributed by atoms with Crippen molar-refractivity contribution in [3.8, 4) is 11.5 Å². The summed E-state index contributed by atoms with van der Waals surface area (Å²) < 4.78 is 10.3. The molecule has 5 nitrogen and oxygen atoms in total.